The maximum atomic E-state index is 13.3. The van der Waals surface area contributed by atoms with Crippen molar-refractivity contribution in [3.8, 4) is 0 Å². The van der Waals surface area contributed by atoms with Gasteiger partial charge in [-0.05, 0) is 37.1 Å². The van der Waals surface area contributed by atoms with E-state index in [1.54, 1.807) is 36.0 Å². The van der Waals surface area contributed by atoms with E-state index < -0.39 is 15.8 Å². The van der Waals surface area contributed by atoms with Gasteiger partial charge in [-0.1, -0.05) is 83.4 Å². The third-order valence-corrected chi connectivity index (χ3v) is 8.71. The number of nitrogens with zero attached hydrogens (tertiary/aromatic N) is 1. The fourth-order valence-corrected chi connectivity index (χ4v) is 6.17. The minimum atomic E-state index is -3.97. The number of hydrogen-bond acceptors (Lipinski definition) is 6. The van der Waals surface area contributed by atoms with E-state index in [1.807, 2.05) is 0 Å². The number of esters is 1. The van der Waals surface area contributed by atoms with Gasteiger partial charge >= 0.3 is 5.97 Å². The van der Waals surface area contributed by atoms with Gasteiger partial charge in [0, 0.05) is 18.8 Å². The predicted octanol–water partition coefficient (Wildman–Crippen LogP) is 6.72. The SMILES string of the molecule is CCCCCCCCN1CCSC1=CC=C(C(=O)OCCCCCC)S(=O)(=O)c1ccccc1. The molecule has 0 saturated carbocycles. The second-order valence-corrected chi connectivity index (χ2v) is 11.7. The summed E-state index contributed by atoms with van der Waals surface area (Å²) in [7, 11) is -3.97. The lowest BCUT2D eigenvalue weighted by atomic mass is 10.1. The lowest BCUT2D eigenvalue weighted by Gasteiger charge is -2.18. The summed E-state index contributed by atoms with van der Waals surface area (Å²) in [6.45, 7) is 6.48. The molecule has 1 aliphatic heterocycles. The Balaban J connectivity index is 2.13. The average Bonchev–Trinajstić information content (AvgIpc) is 3.29. The molecule has 1 heterocycles. The Bertz CT molecular complexity index is 894. The highest BCUT2D eigenvalue weighted by molar-refractivity contribution is 8.03. The molecule has 0 N–H and O–H groups in total. The fraction of sp³-hybridized carbons (Fsp3) is 0.593. The van der Waals surface area contributed by atoms with Crippen LogP contribution in [0.25, 0.3) is 0 Å². The standard InChI is InChI=1S/C27H41NO4S2/c1-3-5-7-9-10-14-20-28-21-23-33-26(28)19-18-25(27(29)32-22-15-8-6-4-2)34(30,31)24-16-12-11-13-17-24/h11-13,16-19H,3-10,14-15,20-23H2,1-2H3. The molecule has 0 spiro atoms. The summed E-state index contributed by atoms with van der Waals surface area (Å²) in [5, 5.41) is 1.02. The molecule has 1 aliphatic rings. The Morgan fingerprint density at radius 1 is 0.971 bits per heavy atom. The van der Waals surface area contributed by atoms with E-state index in [1.165, 1.54) is 50.3 Å². The minimum Gasteiger partial charge on any atom is -0.462 e. The first-order valence-electron chi connectivity index (χ1n) is 12.8. The van der Waals surface area contributed by atoms with Crippen LogP contribution in [0.4, 0.5) is 0 Å². The van der Waals surface area contributed by atoms with Crippen molar-refractivity contribution in [2.24, 2.45) is 0 Å². The third kappa shape index (κ3) is 9.49. The van der Waals surface area contributed by atoms with Crippen molar-refractivity contribution in [2.45, 2.75) is 83.0 Å². The second-order valence-electron chi connectivity index (χ2n) is 8.65. The Morgan fingerprint density at radius 3 is 2.32 bits per heavy atom. The van der Waals surface area contributed by atoms with E-state index in [4.69, 9.17) is 4.74 Å². The molecule has 34 heavy (non-hydrogen) atoms. The lowest BCUT2D eigenvalue weighted by molar-refractivity contribution is -0.138. The van der Waals surface area contributed by atoms with E-state index in [0.717, 1.165) is 56.0 Å². The van der Waals surface area contributed by atoms with Gasteiger partial charge in [0.1, 0.15) is 0 Å². The van der Waals surface area contributed by atoms with Gasteiger partial charge in [-0.3, -0.25) is 0 Å². The van der Waals surface area contributed by atoms with Crippen molar-refractivity contribution in [2.75, 3.05) is 25.4 Å². The summed E-state index contributed by atoms with van der Waals surface area (Å²) in [6, 6.07) is 8.11. The summed E-state index contributed by atoms with van der Waals surface area (Å²) in [4.78, 5) is 15.0. The van der Waals surface area contributed by atoms with E-state index in [0.29, 0.717) is 0 Å². The van der Waals surface area contributed by atoms with Gasteiger partial charge < -0.3 is 9.64 Å². The first-order chi connectivity index (χ1) is 16.5. The number of allylic oxidation sites excluding steroid dienone is 2. The molecule has 2 rings (SSSR count). The van der Waals surface area contributed by atoms with Crippen LogP contribution in [-0.2, 0) is 19.4 Å². The number of carbonyl (C=O) groups excluding carboxylic acids is 1. The van der Waals surface area contributed by atoms with Crippen molar-refractivity contribution >= 4 is 27.6 Å². The summed E-state index contributed by atoms with van der Waals surface area (Å²) in [5.74, 6) is 0.195. The molecule has 190 valence electrons. The van der Waals surface area contributed by atoms with Gasteiger partial charge in [0.2, 0.25) is 9.84 Å². The van der Waals surface area contributed by atoms with Gasteiger partial charge in [0.05, 0.1) is 16.5 Å². The topological polar surface area (TPSA) is 63.7 Å². The monoisotopic (exact) mass is 507 g/mol. The first-order valence-corrected chi connectivity index (χ1v) is 15.2. The van der Waals surface area contributed by atoms with E-state index in [2.05, 4.69) is 18.7 Å². The average molecular weight is 508 g/mol. The molecule has 7 heteroatoms. The highest BCUT2D eigenvalue weighted by Crippen LogP contribution is 2.29. The Morgan fingerprint density at radius 2 is 1.62 bits per heavy atom. The lowest BCUT2D eigenvalue weighted by Crippen LogP contribution is -2.20. The Kier molecular flexibility index (Phi) is 13.4. The van der Waals surface area contributed by atoms with Crippen LogP contribution in [0.2, 0.25) is 0 Å². The van der Waals surface area contributed by atoms with Gasteiger partial charge in [0.25, 0.3) is 0 Å². The largest absolute Gasteiger partial charge is 0.462 e. The van der Waals surface area contributed by atoms with Crippen molar-refractivity contribution in [3.63, 3.8) is 0 Å². The molecule has 1 saturated heterocycles. The zero-order chi connectivity index (χ0) is 24.7. The highest BCUT2D eigenvalue weighted by Gasteiger charge is 2.28. The molecular weight excluding hydrogens is 466 g/mol. The second kappa shape index (κ2) is 16.0. The maximum Gasteiger partial charge on any atom is 0.350 e. The van der Waals surface area contributed by atoms with Crippen LogP contribution in [0.15, 0.2) is 57.3 Å². The number of hydrogen-bond donors (Lipinski definition) is 0. The first kappa shape index (κ1) is 28.5. The molecule has 1 aromatic carbocycles. The summed E-state index contributed by atoms with van der Waals surface area (Å²) < 4.78 is 31.9. The minimum absolute atomic E-state index is 0.102. The van der Waals surface area contributed by atoms with Gasteiger partial charge in [-0.2, -0.15) is 0 Å². The quantitative estimate of drug-likeness (QED) is 0.141. The van der Waals surface area contributed by atoms with Crippen LogP contribution < -0.4 is 0 Å². The van der Waals surface area contributed by atoms with Crippen molar-refractivity contribution in [3.05, 3.63) is 52.4 Å². The molecule has 0 radical (unpaired) electrons. The highest BCUT2D eigenvalue weighted by atomic mass is 32.2. The number of rotatable bonds is 16. The molecular formula is C27H41NO4S2. The molecule has 1 aromatic rings. The maximum absolute atomic E-state index is 13.3. The smallest absolute Gasteiger partial charge is 0.350 e. The van der Waals surface area contributed by atoms with Gasteiger partial charge in [0.15, 0.2) is 4.91 Å². The number of thioether (sulfide) groups is 1. The molecule has 5 nitrogen and oxygen atoms in total. The summed E-state index contributed by atoms with van der Waals surface area (Å²) >= 11 is 1.70. The van der Waals surface area contributed by atoms with Crippen molar-refractivity contribution in [1.82, 2.24) is 4.90 Å². The van der Waals surface area contributed by atoms with Crippen LogP contribution >= 0.6 is 11.8 Å². The predicted molar refractivity (Wildman–Crippen MR) is 142 cm³/mol. The van der Waals surface area contributed by atoms with Crippen molar-refractivity contribution in [1.29, 1.82) is 0 Å². The number of unbranched alkanes of at least 4 members (excludes halogenated alkanes) is 8. The molecule has 1 fully saturated rings. The number of carbonyl (C=O) groups is 1. The molecule has 0 bridgehead atoms. The fourth-order valence-electron chi connectivity index (χ4n) is 3.83. The molecule has 0 aromatic heterocycles. The van der Waals surface area contributed by atoms with Crippen LogP contribution in [0.3, 0.4) is 0 Å². The van der Waals surface area contributed by atoms with E-state index in [9.17, 15) is 13.2 Å². The zero-order valence-electron chi connectivity index (χ0n) is 20.8. The Labute approximate surface area is 210 Å². The third-order valence-electron chi connectivity index (χ3n) is 5.86. The van der Waals surface area contributed by atoms with Gasteiger partial charge in [-0.15, -0.1) is 11.8 Å². The van der Waals surface area contributed by atoms with Crippen LogP contribution in [0.1, 0.15) is 78.1 Å². The molecule has 0 atom stereocenters. The normalized spacial score (nSPS) is 15.8. The van der Waals surface area contributed by atoms with Gasteiger partial charge in [-0.25, -0.2) is 13.2 Å². The van der Waals surface area contributed by atoms with E-state index in [-0.39, 0.29) is 16.4 Å². The molecule has 0 amide bonds. The summed E-state index contributed by atoms with van der Waals surface area (Å²) in [6.07, 6.45) is 14.5. The molecule has 0 aliphatic carbocycles. The summed E-state index contributed by atoms with van der Waals surface area (Å²) in [5.41, 5.74) is 0. The van der Waals surface area contributed by atoms with Crippen LogP contribution in [0.5, 0.6) is 0 Å². The number of ether oxygens (including phenoxy) is 1. The number of sulfone groups is 1. The van der Waals surface area contributed by atoms with E-state index >= 15 is 0 Å². The zero-order valence-corrected chi connectivity index (χ0v) is 22.5. The number of benzene rings is 1. The molecule has 0 unspecified atom stereocenters. The van der Waals surface area contributed by atoms with Crippen LogP contribution in [-0.4, -0.2) is 44.7 Å². The van der Waals surface area contributed by atoms with Crippen molar-refractivity contribution < 1.29 is 17.9 Å². The Hall–Kier alpha value is -1.73. The van der Waals surface area contributed by atoms with Crippen LogP contribution in [0, 0.1) is 0 Å².